The molecule has 0 spiro atoms. The van der Waals surface area contributed by atoms with Crippen molar-refractivity contribution in [1.29, 1.82) is 0 Å². The minimum Gasteiger partial charge on any atom is -0.330 e. The number of amides is 1. The van der Waals surface area contributed by atoms with Gasteiger partial charge in [0.25, 0.3) is 5.91 Å². The summed E-state index contributed by atoms with van der Waals surface area (Å²) >= 11 is 3.40. The third-order valence-electron chi connectivity index (χ3n) is 2.42. The van der Waals surface area contributed by atoms with Crippen LogP contribution in [0.5, 0.6) is 0 Å². The van der Waals surface area contributed by atoms with Crippen molar-refractivity contribution in [3.63, 3.8) is 0 Å². The van der Waals surface area contributed by atoms with E-state index in [1.54, 1.807) is 24.1 Å². The number of hydrogen-bond donors (Lipinski definition) is 1. The lowest BCUT2D eigenvalue weighted by Gasteiger charge is -2.08. The second-order valence-corrected chi connectivity index (χ2v) is 4.68. The normalized spacial score (nSPS) is 10.3. The van der Waals surface area contributed by atoms with Gasteiger partial charge in [0.05, 0.1) is 18.2 Å². The van der Waals surface area contributed by atoms with Crippen molar-refractivity contribution >= 4 is 27.5 Å². The fourth-order valence-corrected chi connectivity index (χ4v) is 1.84. The zero-order valence-electron chi connectivity index (χ0n) is 9.57. The highest BCUT2D eigenvalue weighted by molar-refractivity contribution is 9.10. The Labute approximate surface area is 108 Å². The first-order valence-corrected chi connectivity index (χ1v) is 5.91. The van der Waals surface area contributed by atoms with Crippen LogP contribution in [0.2, 0.25) is 0 Å². The molecule has 2 rings (SSSR count). The Hall–Kier alpha value is -1.62. The molecule has 0 aliphatic heterocycles. The van der Waals surface area contributed by atoms with Crippen LogP contribution in [0.1, 0.15) is 16.1 Å². The van der Waals surface area contributed by atoms with Gasteiger partial charge < -0.3 is 9.88 Å². The molecule has 0 fully saturated rings. The molecule has 17 heavy (non-hydrogen) atoms. The molecule has 0 radical (unpaired) electrons. The molecule has 2 aromatic rings. The molecule has 88 valence electrons. The quantitative estimate of drug-likeness (QED) is 0.925. The van der Waals surface area contributed by atoms with Crippen LogP contribution < -0.4 is 5.32 Å². The number of carbonyl (C=O) groups is 1. The molecule has 4 nitrogen and oxygen atoms in total. The van der Waals surface area contributed by atoms with Crippen LogP contribution in [-0.4, -0.2) is 15.5 Å². The van der Waals surface area contributed by atoms with E-state index in [0.29, 0.717) is 5.69 Å². The van der Waals surface area contributed by atoms with Crippen molar-refractivity contribution in [3.05, 3.63) is 46.5 Å². The van der Waals surface area contributed by atoms with E-state index in [9.17, 15) is 4.79 Å². The molecule has 5 heteroatoms. The average Bonchev–Trinajstić information content (AvgIpc) is 2.70. The zero-order valence-corrected chi connectivity index (χ0v) is 11.2. The van der Waals surface area contributed by atoms with Crippen LogP contribution in [0.25, 0.3) is 0 Å². The number of nitrogens with zero attached hydrogens (tertiary/aromatic N) is 2. The Morgan fingerprint density at radius 1 is 1.47 bits per heavy atom. The lowest BCUT2D eigenvalue weighted by atomic mass is 10.2. The fourth-order valence-electron chi connectivity index (χ4n) is 1.50. The molecule has 0 bridgehead atoms. The largest absolute Gasteiger partial charge is 0.330 e. The molecule has 0 saturated carbocycles. The van der Waals surface area contributed by atoms with Gasteiger partial charge >= 0.3 is 0 Å². The van der Waals surface area contributed by atoms with E-state index >= 15 is 0 Å². The summed E-state index contributed by atoms with van der Waals surface area (Å²) in [4.78, 5) is 15.9. The van der Waals surface area contributed by atoms with Crippen LogP contribution in [-0.2, 0) is 7.05 Å². The Balaban J connectivity index is 2.24. The van der Waals surface area contributed by atoms with E-state index in [1.807, 2.05) is 25.1 Å². The topological polar surface area (TPSA) is 46.9 Å². The molecule has 0 saturated heterocycles. The molecule has 1 N–H and O–H groups in total. The predicted octanol–water partition coefficient (Wildman–Crippen LogP) is 2.74. The first kappa shape index (κ1) is 11.9. The minimum absolute atomic E-state index is 0.170. The van der Waals surface area contributed by atoms with Gasteiger partial charge in [0.2, 0.25) is 0 Å². The minimum atomic E-state index is -0.170. The summed E-state index contributed by atoms with van der Waals surface area (Å²) < 4.78 is 2.54. The Bertz CT molecular complexity index is 563. The van der Waals surface area contributed by atoms with Gasteiger partial charge in [0, 0.05) is 11.5 Å². The van der Waals surface area contributed by atoms with E-state index in [4.69, 9.17) is 0 Å². The van der Waals surface area contributed by atoms with Crippen LogP contribution in [0.4, 0.5) is 5.69 Å². The molecule has 0 atom stereocenters. The molecule has 0 aliphatic rings. The number of nitrogens with one attached hydrogen (secondary N) is 1. The summed E-state index contributed by atoms with van der Waals surface area (Å²) in [6.07, 6.45) is 3.14. The van der Waals surface area contributed by atoms with Crippen molar-refractivity contribution in [3.8, 4) is 0 Å². The van der Waals surface area contributed by atoms with E-state index < -0.39 is 0 Å². The van der Waals surface area contributed by atoms with Crippen LogP contribution >= 0.6 is 15.9 Å². The van der Waals surface area contributed by atoms with E-state index in [1.165, 1.54) is 0 Å². The Morgan fingerprint density at radius 2 is 2.24 bits per heavy atom. The third-order valence-corrected chi connectivity index (χ3v) is 3.11. The summed E-state index contributed by atoms with van der Waals surface area (Å²) in [6.45, 7) is 1.98. The van der Waals surface area contributed by atoms with Crippen LogP contribution in [0.3, 0.4) is 0 Å². The zero-order chi connectivity index (χ0) is 12.4. The summed E-state index contributed by atoms with van der Waals surface area (Å²) in [5.41, 5.74) is 2.38. The molecular weight excluding hydrogens is 282 g/mol. The maximum Gasteiger partial charge on any atom is 0.273 e. The van der Waals surface area contributed by atoms with Gasteiger partial charge in [-0.1, -0.05) is 6.07 Å². The average molecular weight is 294 g/mol. The highest BCUT2D eigenvalue weighted by atomic mass is 79.9. The number of rotatable bonds is 2. The smallest absolute Gasteiger partial charge is 0.273 e. The monoisotopic (exact) mass is 293 g/mol. The van der Waals surface area contributed by atoms with Gasteiger partial charge in [0.1, 0.15) is 5.69 Å². The van der Waals surface area contributed by atoms with Crippen molar-refractivity contribution in [2.24, 2.45) is 7.05 Å². The number of hydrogen-bond acceptors (Lipinski definition) is 2. The maximum atomic E-state index is 12.0. The van der Waals surface area contributed by atoms with Gasteiger partial charge in [-0.3, -0.25) is 4.79 Å². The molecular formula is C12H12BrN3O. The van der Waals surface area contributed by atoms with Crippen molar-refractivity contribution in [2.45, 2.75) is 6.92 Å². The van der Waals surface area contributed by atoms with Crippen molar-refractivity contribution < 1.29 is 4.79 Å². The van der Waals surface area contributed by atoms with Gasteiger partial charge in [-0.2, -0.15) is 0 Å². The third kappa shape index (κ3) is 2.55. The summed E-state index contributed by atoms with van der Waals surface area (Å²) in [7, 11) is 1.78. The van der Waals surface area contributed by atoms with Crippen molar-refractivity contribution in [2.75, 3.05) is 5.32 Å². The fraction of sp³-hybridized carbons (Fsp3) is 0.167. The summed E-state index contributed by atoms with van der Waals surface area (Å²) in [5, 5.41) is 2.85. The van der Waals surface area contributed by atoms with Gasteiger partial charge in [-0.25, -0.2) is 4.98 Å². The number of aromatic nitrogens is 2. The maximum absolute atomic E-state index is 12.0. The number of carbonyl (C=O) groups excluding carboxylic acids is 1. The van der Waals surface area contributed by atoms with Gasteiger partial charge in [-0.05, 0) is 40.5 Å². The Morgan fingerprint density at radius 3 is 2.88 bits per heavy atom. The number of anilines is 1. The lowest BCUT2D eigenvalue weighted by molar-refractivity contribution is 0.101. The molecule has 0 unspecified atom stereocenters. The molecule has 1 aromatic carbocycles. The molecule has 0 aliphatic carbocycles. The second kappa shape index (κ2) is 4.71. The Kier molecular flexibility index (Phi) is 3.28. The standard InChI is InChI=1S/C12H12BrN3O/c1-8-3-4-9(13)10(5-8)15-12(17)11-6-14-7-16(11)2/h3-7H,1-2H3,(H,15,17). The van der Waals surface area contributed by atoms with Crippen LogP contribution in [0.15, 0.2) is 35.2 Å². The van der Waals surface area contributed by atoms with Gasteiger partial charge in [0.15, 0.2) is 0 Å². The van der Waals surface area contributed by atoms with Gasteiger partial charge in [-0.15, -0.1) is 0 Å². The van der Waals surface area contributed by atoms with E-state index in [-0.39, 0.29) is 5.91 Å². The predicted molar refractivity (Wildman–Crippen MR) is 70.0 cm³/mol. The first-order chi connectivity index (χ1) is 8.08. The SMILES string of the molecule is Cc1ccc(Br)c(NC(=O)c2cncn2C)c1. The number of imidazole rings is 1. The van der Waals surface area contributed by atoms with Crippen LogP contribution in [0, 0.1) is 6.92 Å². The number of aryl methyl sites for hydroxylation is 2. The molecule has 1 aromatic heterocycles. The number of halogens is 1. The van der Waals surface area contributed by atoms with Crippen molar-refractivity contribution in [1.82, 2.24) is 9.55 Å². The highest BCUT2D eigenvalue weighted by Gasteiger charge is 2.11. The second-order valence-electron chi connectivity index (χ2n) is 3.83. The molecule has 1 heterocycles. The number of benzene rings is 1. The summed E-state index contributed by atoms with van der Waals surface area (Å²) in [5.74, 6) is -0.170. The lowest BCUT2D eigenvalue weighted by Crippen LogP contribution is -2.15. The van der Waals surface area contributed by atoms with E-state index in [2.05, 4.69) is 26.2 Å². The van der Waals surface area contributed by atoms with E-state index in [0.717, 1.165) is 15.7 Å². The molecule has 1 amide bonds. The first-order valence-electron chi connectivity index (χ1n) is 5.12. The summed E-state index contributed by atoms with van der Waals surface area (Å²) in [6, 6.07) is 5.80. The highest BCUT2D eigenvalue weighted by Crippen LogP contribution is 2.23.